The lowest BCUT2D eigenvalue weighted by Gasteiger charge is -2.00. The summed E-state index contributed by atoms with van der Waals surface area (Å²) >= 11 is 3.44. The highest BCUT2D eigenvalue weighted by Gasteiger charge is 2.10. The average Bonchev–Trinajstić information content (AvgIpc) is 2.64. The van der Waals surface area contributed by atoms with E-state index in [1.54, 1.807) is 0 Å². The van der Waals surface area contributed by atoms with Gasteiger partial charge in [0.15, 0.2) is 5.82 Å². The van der Waals surface area contributed by atoms with E-state index in [9.17, 15) is 0 Å². The van der Waals surface area contributed by atoms with E-state index in [4.69, 9.17) is 0 Å². The van der Waals surface area contributed by atoms with Crippen molar-refractivity contribution in [3.05, 3.63) is 46.0 Å². The second-order valence-electron chi connectivity index (χ2n) is 4.47. The van der Waals surface area contributed by atoms with Crippen LogP contribution >= 0.6 is 15.9 Å². The van der Waals surface area contributed by atoms with Crippen molar-refractivity contribution >= 4 is 15.9 Å². The van der Waals surface area contributed by atoms with Gasteiger partial charge in [0.2, 0.25) is 0 Å². The molecule has 0 saturated carbocycles. The molecule has 0 radical (unpaired) electrons. The van der Waals surface area contributed by atoms with Crippen LogP contribution in [0.5, 0.6) is 0 Å². The predicted octanol–water partition coefficient (Wildman–Crippen LogP) is 3.29. The quantitative estimate of drug-likeness (QED) is 0.869. The summed E-state index contributed by atoms with van der Waals surface area (Å²) in [5.41, 5.74) is 1.25. The van der Waals surface area contributed by atoms with Gasteiger partial charge in [0.05, 0.1) is 0 Å². The fourth-order valence-electron chi connectivity index (χ4n) is 1.62. The third-order valence-corrected chi connectivity index (χ3v) is 3.19. The molecule has 1 aromatic carbocycles. The molecular formula is C13H16BrN3. The number of benzene rings is 1. The molecule has 0 aliphatic rings. The lowest BCUT2D eigenvalue weighted by molar-refractivity contribution is 0.689. The number of halogens is 1. The molecule has 0 bridgehead atoms. The largest absolute Gasteiger partial charge is 0.253 e. The van der Waals surface area contributed by atoms with Crippen LogP contribution in [0.2, 0.25) is 0 Å². The van der Waals surface area contributed by atoms with E-state index in [0.29, 0.717) is 5.92 Å². The molecule has 2 aromatic rings. The maximum Gasteiger partial charge on any atom is 0.153 e. The number of rotatable bonds is 3. The molecule has 0 aliphatic carbocycles. The highest BCUT2D eigenvalue weighted by Crippen LogP contribution is 2.15. The second kappa shape index (κ2) is 5.00. The first-order chi connectivity index (χ1) is 8.06. The molecule has 3 nitrogen and oxygen atoms in total. The van der Waals surface area contributed by atoms with Crippen LogP contribution in [0.15, 0.2) is 28.7 Å². The summed E-state index contributed by atoms with van der Waals surface area (Å²) < 4.78 is 2.97. The molecule has 1 aromatic heterocycles. The Labute approximate surface area is 110 Å². The lowest BCUT2D eigenvalue weighted by atomic mass is 10.1. The second-order valence-corrected chi connectivity index (χ2v) is 5.38. The average molecular weight is 294 g/mol. The summed E-state index contributed by atoms with van der Waals surface area (Å²) in [7, 11) is 1.95. The van der Waals surface area contributed by atoms with Crippen LogP contribution in [-0.2, 0) is 13.5 Å². The maximum absolute atomic E-state index is 4.57. The van der Waals surface area contributed by atoms with Crippen molar-refractivity contribution in [3.63, 3.8) is 0 Å². The van der Waals surface area contributed by atoms with Gasteiger partial charge < -0.3 is 0 Å². The van der Waals surface area contributed by atoms with Crippen molar-refractivity contribution in [1.82, 2.24) is 14.8 Å². The summed E-state index contributed by atoms with van der Waals surface area (Å²) in [4.78, 5) is 4.57. The van der Waals surface area contributed by atoms with E-state index in [2.05, 4.69) is 64.1 Å². The van der Waals surface area contributed by atoms with E-state index in [-0.39, 0.29) is 0 Å². The zero-order chi connectivity index (χ0) is 12.4. The summed E-state index contributed by atoms with van der Waals surface area (Å²) in [6.45, 7) is 4.22. The molecule has 0 saturated heterocycles. The highest BCUT2D eigenvalue weighted by atomic mass is 79.9. The number of hydrogen-bond donors (Lipinski definition) is 0. The zero-order valence-corrected chi connectivity index (χ0v) is 11.9. The normalized spacial score (nSPS) is 11.1. The molecule has 0 amide bonds. The van der Waals surface area contributed by atoms with E-state index in [0.717, 1.165) is 22.5 Å². The zero-order valence-electron chi connectivity index (χ0n) is 10.3. The maximum atomic E-state index is 4.57. The Hall–Kier alpha value is -1.16. The predicted molar refractivity (Wildman–Crippen MR) is 72.0 cm³/mol. The van der Waals surface area contributed by atoms with Gasteiger partial charge in [-0.25, -0.2) is 4.98 Å². The third-order valence-electron chi connectivity index (χ3n) is 2.66. The van der Waals surface area contributed by atoms with Gasteiger partial charge in [-0.05, 0) is 17.7 Å². The van der Waals surface area contributed by atoms with Gasteiger partial charge in [0.25, 0.3) is 0 Å². The van der Waals surface area contributed by atoms with Crippen molar-refractivity contribution < 1.29 is 0 Å². The minimum absolute atomic E-state index is 0.375. The van der Waals surface area contributed by atoms with Crippen molar-refractivity contribution in [1.29, 1.82) is 0 Å². The number of hydrogen-bond acceptors (Lipinski definition) is 2. The molecule has 0 spiro atoms. The van der Waals surface area contributed by atoms with E-state index >= 15 is 0 Å². The first kappa shape index (κ1) is 12.3. The number of nitrogens with zero attached hydrogens (tertiary/aromatic N) is 3. The Morgan fingerprint density at radius 2 is 1.88 bits per heavy atom. The van der Waals surface area contributed by atoms with Crippen LogP contribution < -0.4 is 0 Å². The summed E-state index contributed by atoms with van der Waals surface area (Å²) in [6.07, 6.45) is 0.823. The first-order valence-corrected chi connectivity index (χ1v) is 6.50. The van der Waals surface area contributed by atoms with Gasteiger partial charge >= 0.3 is 0 Å². The Bertz CT molecular complexity index is 500. The molecule has 17 heavy (non-hydrogen) atoms. The SMILES string of the molecule is CC(C)c1nc(Cc2ccc(Br)cc2)n(C)n1. The molecule has 1 heterocycles. The Morgan fingerprint density at radius 1 is 1.24 bits per heavy atom. The van der Waals surface area contributed by atoms with Gasteiger partial charge in [-0.2, -0.15) is 5.10 Å². The highest BCUT2D eigenvalue weighted by molar-refractivity contribution is 9.10. The number of aromatic nitrogens is 3. The summed E-state index contributed by atoms with van der Waals surface area (Å²) in [5.74, 6) is 2.30. The van der Waals surface area contributed by atoms with Crippen molar-refractivity contribution in [3.8, 4) is 0 Å². The summed E-state index contributed by atoms with van der Waals surface area (Å²) in [5, 5.41) is 4.42. The number of aryl methyl sites for hydroxylation is 1. The molecule has 0 unspecified atom stereocenters. The molecule has 2 rings (SSSR count). The Morgan fingerprint density at radius 3 is 2.41 bits per heavy atom. The van der Waals surface area contributed by atoms with Crippen LogP contribution in [0.4, 0.5) is 0 Å². The van der Waals surface area contributed by atoms with Gasteiger partial charge in [0.1, 0.15) is 5.82 Å². The van der Waals surface area contributed by atoms with Crippen molar-refractivity contribution in [2.24, 2.45) is 7.05 Å². The topological polar surface area (TPSA) is 30.7 Å². The van der Waals surface area contributed by atoms with Crippen LogP contribution in [0.3, 0.4) is 0 Å². The van der Waals surface area contributed by atoms with Gasteiger partial charge in [-0.3, -0.25) is 4.68 Å². The molecule has 0 N–H and O–H groups in total. The van der Waals surface area contributed by atoms with Crippen LogP contribution in [0.1, 0.15) is 37.0 Å². The standard InChI is InChI=1S/C13H16BrN3/c1-9(2)13-15-12(17(3)16-13)8-10-4-6-11(14)7-5-10/h4-7,9H,8H2,1-3H3. The molecular weight excluding hydrogens is 278 g/mol. The Kier molecular flexibility index (Phi) is 3.62. The minimum Gasteiger partial charge on any atom is -0.253 e. The molecule has 90 valence electrons. The summed E-state index contributed by atoms with van der Waals surface area (Å²) in [6, 6.07) is 8.31. The molecule has 0 aliphatic heterocycles. The lowest BCUT2D eigenvalue weighted by Crippen LogP contribution is -2.00. The van der Waals surface area contributed by atoms with Crippen LogP contribution in [0, 0.1) is 0 Å². The fourth-order valence-corrected chi connectivity index (χ4v) is 1.89. The fraction of sp³-hybridized carbons (Fsp3) is 0.385. The van der Waals surface area contributed by atoms with Crippen molar-refractivity contribution in [2.45, 2.75) is 26.2 Å². The first-order valence-electron chi connectivity index (χ1n) is 5.70. The minimum atomic E-state index is 0.375. The monoisotopic (exact) mass is 293 g/mol. The molecule has 4 heteroatoms. The van der Waals surface area contributed by atoms with E-state index in [1.165, 1.54) is 5.56 Å². The van der Waals surface area contributed by atoms with Gasteiger partial charge in [-0.15, -0.1) is 0 Å². The van der Waals surface area contributed by atoms with E-state index in [1.807, 2.05) is 11.7 Å². The molecule has 0 atom stereocenters. The smallest absolute Gasteiger partial charge is 0.153 e. The van der Waals surface area contributed by atoms with Crippen LogP contribution in [0.25, 0.3) is 0 Å². The van der Waals surface area contributed by atoms with Crippen molar-refractivity contribution in [2.75, 3.05) is 0 Å². The van der Waals surface area contributed by atoms with Gasteiger partial charge in [-0.1, -0.05) is 41.9 Å². The van der Waals surface area contributed by atoms with Crippen LogP contribution in [-0.4, -0.2) is 14.8 Å². The third kappa shape index (κ3) is 2.94. The van der Waals surface area contributed by atoms with Gasteiger partial charge in [0, 0.05) is 23.9 Å². The Balaban J connectivity index is 2.21. The van der Waals surface area contributed by atoms with E-state index < -0.39 is 0 Å². The molecule has 0 fully saturated rings.